The van der Waals surface area contributed by atoms with Crippen LogP contribution in [0.1, 0.15) is 111 Å². The average molecular weight is 1770 g/mol. The first-order chi connectivity index (χ1) is 58.4. The molecule has 23 N–H and O–H groups in total. The van der Waals surface area contributed by atoms with E-state index in [0.29, 0.717) is 10.6 Å². The number of aliphatic hydroxyl groups excluding tert-OH is 6. The number of hydrazine groups is 1. The van der Waals surface area contributed by atoms with Crippen LogP contribution in [0.15, 0.2) is 126 Å². The molecule has 0 radical (unpaired) electrons. The van der Waals surface area contributed by atoms with Crippen LogP contribution in [0.2, 0.25) is 15.1 Å². The Labute approximate surface area is 714 Å². The van der Waals surface area contributed by atoms with Crippen molar-refractivity contribution in [1.82, 2.24) is 57.5 Å². The van der Waals surface area contributed by atoms with E-state index in [1.807, 2.05) is 19.3 Å². The lowest BCUT2D eigenvalue weighted by Gasteiger charge is -2.48. The molecular weight excluding hydrogens is 1680 g/mol. The fourth-order valence-electron chi connectivity index (χ4n) is 14.8. The SMILES string of the molecule is CN[C@H](CC(C)C)C(=O)N[C@H]1C(=O)N[C@@H](CC(N)=O)C(=O)N[C@H]2C(=O)N[C@H]3C(=O)N[C@H](C(=O)N[C@@H](C(=O)NN)c4cc(O)cc(O)c4-c4cc3ccc4O)[C@H](O)c3ccc(c(Cl)c3)Oc3cc2cc(c3O[C@@H]2O[C@H](CO)[C@@H](O)[C@H](O)[C@H]2O[C@H]2C[C@](C)(NCCn3ccc(NC(=O)C=Cc4ccc(Cl)cc4)nc3=O)[C@H](O)[C@H](C)O2)Oc2ccc(cc2Cl)[C@H]1O. The highest BCUT2D eigenvalue weighted by Gasteiger charge is 2.52. The molecule has 123 heavy (non-hydrogen) atoms. The Morgan fingerprint density at radius 2 is 1.37 bits per heavy atom. The molecule has 0 aliphatic carbocycles. The van der Waals surface area contributed by atoms with Gasteiger partial charge in [-0.25, -0.2) is 10.6 Å². The number of rotatable bonds is 20. The zero-order valence-electron chi connectivity index (χ0n) is 66.0. The Hall–Kier alpha value is -11.6. The number of nitrogens with two attached hydrogens (primary N) is 2. The number of likely N-dealkylation sites (N-methyl/N-ethyl adjacent to an activating group) is 1. The van der Waals surface area contributed by atoms with Crippen molar-refractivity contribution >= 4 is 99.9 Å². The molecule has 1 aromatic heterocycles. The average Bonchev–Trinajstić information content (AvgIpc) is 0.764. The van der Waals surface area contributed by atoms with E-state index < -0.39 is 254 Å². The highest BCUT2D eigenvalue weighted by Crippen LogP contribution is 2.50. The van der Waals surface area contributed by atoms with Crippen LogP contribution in [0.5, 0.6) is 46.0 Å². The fourth-order valence-corrected chi connectivity index (χ4v) is 15.4. The largest absolute Gasteiger partial charge is 0.508 e. The van der Waals surface area contributed by atoms with Gasteiger partial charge in [0, 0.05) is 59.5 Å². The number of benzene rings is 6. The summed E-state index contributed by atoms with van der Waals surface area (Å²) in [5.74, 6) is -10.5. The Kier molecular flexibility index (Phi) is 28.3. The number of anilines is 1. The van der Waals surface area contributed by atoms with E-state index in [1.54, 1.807) is 31.2 Å². The minimum atomic E-state index is -2.39. The van der Waals surface area contributed by atoms with Crippen molar-refractivity contribution in [2.24, 2.45) is 17.5 Å². The molecule has 2 saturated heterocycles. The number of amides is 9. The number of carbonyl (C=O) groups is 9. The van der Waals surface area contributed by atoms with Crippen LogP contribution in [0.4, 0.5) is 5.82 Å². The molecule has 14 rings (SSSR count). The van der Waals surface area contributed by atoms with E-state index >= 15 is 19.2 Å². The molecule has 9 amide bonds. The second-order valence-electron chi connectivity index (χ2n) is 30.4. The standard InChI is InChI=1S/C81H89Cl3N14O25/c1-33(2)22-46(87-5)72(110)95-63-65(105)37-10-15-50(44(83)24-37)119-52-26-39-27-53(69(52)123-79-70(68(108)67(107)54(32-99)121-79)122-58-31-81(4,71(109)34(3)118-58)88-19-21-98-20-18-56(91-80(98)117)90-57(104)17-8-35-6-12-40(82)13-7-35)120-51-16-11-38(25-45(51)84)66(106)64-77(115)94-62(78(116)97-86)43-28-41(100)29-49(102)59(43)42-23-36(9-14-48(42)101)60(74(112)96-64)93-75(113)61(39)92-73(111)47(30-55(85)103)89-76(63)114/h6-18,20,23-29,33-34,46-47,54,58,60-68,70-71,79,87-88,99-102,105-109H,19,21-22,30-32,86H2,1-5H3,(H2,85,103)(H,89,114)(H,92,111)(H,93,113)(H,94,115)(H,95,110)(H,96,112)(H,97,116)(H,90,91,104,117)/t34-,46+,47-,54+,58-,60+,61+,62+,63+,64-,65+,66+,67+,68-,70+,71+,79-,81-/m0/s1. The van der Waals surface area contributed by atoms with Crippen LogP contribution in [0, 0.1) is 5.92 Å². The summed E-state index contributed by atoms with van der Waals surface area (Å²) in [5, 5.41) is 129. The molecule has 0 saturated carbocycles. The van der Waals surface area contributed by atoms with Crippen molar-refractivity contribution in [3.05, 3.63) is 180 Å². The first-order valence-electron chi connectivity index (χ1n) is 38.4. The van der Waals surface area contributed by atoms with Gasteiger partial charge in [0.25, 0.3) is 5.91 Å². The van der Waals surface area contributed by atoms with Gasteiger partial charge in [0.2, 0.25) is 59.3 Å². The second kappa shape index (κ2) is 38.4. The summed E-state index contributed by atoms with van der Waals surface area (Å²) in [4.78, 5) is 149. The van der Waals surface area contributed by atoms with Gasteiger partial charge in [-0.3, -0.25) is 53.1 Å². The number of ether oxygens (including phenoxy) is 6. The summed E-state index contributed by atoms with van der Waals surface area (Å²) in [5.41, 5.74) is 3.50. The third kappa shape index (κ3) is 20.5. The van der Waals surface area contributed by atoms with Crippen LogP contribution >= 0.6 is 34.8 Å². The van der Waals surface area contributed by atoms with Gasteiger partial charge in [0.15, 0.2) is 23.9 Å². The molecule has 0 spiro atoms. The molecule has 7 aromatic rings. The first kappa shape index (κ1) is 90.6. The molecule has 42 heteroatoms. The molecule has 39 nitrogen and oxygen atoms in total. The number of primary amides is 1. The molecule has 0 unspecified atom stereocenters. The lowest BCUT2D eigenvalue weighted by atomic mass is 9.85. The molecule has 7 aliphatic heterocycles. The summed E-state index contributed by atoms with van der Waals surface area (Å²) in [6.45, 7) is 5.61. The van der Waals surface area contributed by atoms with Crippen LogP contribution in [-0.4, -0.2) is 208 Å². The molecule has 6 aromatic carbocycles. The maximum Gasteiger partial charge on any atom is 0.349 e. The van der Waals surface area contributed by atoms with E-state index in [2.05, 4.69) is 52.8 Å². The van der Waals surface area contributed by atoms with E-state index in [0.717, 1.165) is 66.7 Å². The second-order valence-corrected chi connectivity index (χ2v) is 31.6. The monoisotopic (exact) mass is 1760 g/mol. The van der Waals surface area contributed by atoms with Gasteiger partial charge in [-0.1, -0.05) is 79.0 Å². The van der Waals surface area contributed by atoms with Crippen molar-refractivity contribution in [2.45, 2.75) is 163 Å². The number of aliphatic hydroxyl groups is 6. The Morgan fingerprint density at radius 1 is 0.724 bits per heavy atom. The van der Waals surface area contributed by atoms with Crippen LogP contribution < -0.4 is 84.8 Å². The van der Waals surface area contributed by atoms with Crippen molar-refractivity contribution < 1.29 is 118 Å². The number of nitrogens with zero attached hydrogens (tertiary/aromatic N) is 2. The predicted molar refractivity (Wildman–Crippen MR) is 435 cm³/mol. The fraction of sp³-hybridized carbons (Fsp3) is 0.370. The van der Waals surface area contributed by atoms with Gasteiger partial charge in [0.05, 0.1) is 41.3 Å². The first-order valence-corrected chi connectivity index (χ1v) is 39.6. The van der Waals surface area contributed by atoms with Crippen LogP contribution in [0.3, 0.4) is 0 Å². The number of aromatic hydroxyl groups is 3. The number of aromatic nitrogens is 2. The summed E-state index contributed by atoms with van der Waals surface area (Å²) >= 11 is 20.3. The molecule has 18 atom stereocenters. The number of hydrogen-bond donors (Lipinski definition) is 21. The van der Waals surface area contributed by atoms with Crippen molar-refractivity contribution in [2.75, 3.05) is 25.5 Å². The molecule has 11 bridgehead atoms. The lowest BCUT2D eigenvalue weighted by molar-refractivity contribution is -0.334. The van der Waals surface area contributed by atoms with Gasteiger partial charge in [-0.15, -0.1) is 0 Å². The molecule has 8 heterocycles. The third-order valence-electron chi connectivity index (χ3n) is 21.2. The molecule has 2 fully saturated rings. The van der Waals surface area contributed by atoms with Gasteiger partial charge < -0.3 is 128 Å². The minimum Gasteiger partial charge on any atom is -0.508 e. The highest BCUT2D eigenvalue weighted by molar-refractivity contribution is 6.32. The summed E-state index contributed by atoms with van der Waals surface area (Å²) in [7, 11) is 1.47. The van der Waals surface area contributed by atoms with Gasteiger partial charge in [-0.2, -0.15) is 4.98 Å². The number of halogens is 3. The number of phenolic OH excluding ortho intramolecular Hbond substituents is 3. The zero-order valence-corrected chi connectivity index (χ0v) is 68.3. The Balaban J connectivity index is 0.995. The van der Waals surface area contributed by atoms with E-state index in [1.165, 1.54) is 55.1 Å². The normalized spacial score (nSPS) is 26.2. The van der Waals surface area contributed by atoms with E-state index in [9.17, 15) is 74.7 Å². The van der Waals surface area contributed by atoms with Crippen molar-refractivity contribution in [3.63, 3.8) is 0 Å². The van der Waals surface area contributed by atoms with Crippen molar-refractivity contribution in [3.8, 4) is 57.1 Å². The number of nitrogens with one attached hydrogen (secondary N) is 10. The summed E-state index contributed by atoms with van der Waals surface area (Å²) in [6.07, 6.45) is -15.3. The quantitative estimate of drug-likeness (QED) is 0.0221. The molecule has 7 aliphatic rings. The maximum absolute atomic E-state index is 16.3. The summed E-state index contributed by atoms with van der Waals surface area (Å²) < 4.78 is 40.6. The third-order valence-corrected chi connectivity index (χ3v) is 22.0. The van der Waals surface area contributed by atoms with Gasteiger partial charge >= 0.3 is 5.69 Å². The van der Waals surface area contributed by atoms with Crippen molar-refractivity contribution in [1.29, 1.82) is 0 Å². The number of fused-ring (bicyclic) bond motifs is 15. The topological polar surface area (TPSA) is 598 Å². The number of hydrogen-bond acceptors (Lipinski definition) is 29. The number of carbonyl (C=O) groups excluding carboxylic acids is 9. The predicted octanol–water partition coefficient (Wildman–Crippen LogP) is 1.20. The van der Waals surface area contributed by atoms with Gasteiger partial charge in [0.1, 0.15) is 101 Å². The Bertz CT molecular complexity index is 5320. The highest BCUT2D eigenvalue weighted by atomic mass is 35.5. The number of phenols is 3. The smallest absolute Gasteiger partial charge is 0.349 e. The van der Waals surface area contributed by atoms with E-state index in [4.69, 9.17) is 74.8 Å². The molecule has 654 valence electrons. The van der Waals surface area contributed by atoms with Crippen LogP contribution in [0.25, 0.3) is 17.2 Å². The van der Waals surface area contributed by atoms with Crippen LogP contribution in [-0.2, 0) is 63.9 Å². The minimum absolute atomic E-state index is 0.0332. The Morgan fingerprint density at radius 3 is 1.99 bits per heavy atom. The lowest BCUT2D eigenvalue weighted by Crippen LogP contribution is -2.65. The molecular formula is C81H89Cl3N14O25. The summed E-state index contributed by atoms with van der Waals surface area (Å²) in [6, 6.07) is 7.60. The van der Waals surface area contributed by atoms with E-state index in [-0.39, 0.29) is 60.1 Å². The zero-order chi connectivity index (χ0) is 88.9. The van der Waals surface area contributed by atoms with Gasteiger partial charge in [-0.05, 0) is 145 Å². The maximum atomic E-state index is 16.3.